The molecule has 0 unspecified atom stereocenters. The molecule has 0 spiro atoms. The predicted molar refractivity (Wildman–Crippen MR) is 74.1 cm³/mol. The van der Waals surface area contributed by atoms with Gasteiger partial charge in [-0.15, -0.1) is 0 Å². The average Bonchev–Trinajstić information content (AvgIpc) is 2.77. The first-order valence-corrected chi connectivity index (χ1v) is 6.87. The number of aryl methyl sites for hydroxylation is 1. The van der Waals surface area contributed by atoms with Gasteiger partial charge >= 0.3 is 0 Å². The van der Waals surface area contributed by atoms with Gasteiger partial charge in [0.1, 0.15) is 12.2 Å². The van der Waals surface area contributed by atoms with Crippen LogP contribution in [0, 0.1) is 0 Å². The van der Waals surface area contributed by atoms with E-state index in [-0.39, 0.29) is 5.54 Å². The fourth-order valence-electron chi connectivity index (χ4n) is 1.97. The molecule has 5 heteroatoms. The van der Waals surface area contributed by atoms with Crippen LogP contribution in [0.4, 0.5) is 0 Å². The monoisotopic (exact) mass is 253 g/mol. The molecule has 0 aliphatic heterocycles. The average molecular weight is 253 g/mol. The van der Waals surface area contributed by atoms with Crippen LogP contribution in [0.2, 0.25) is 0 Å². The fraction of sp³-hybridized carbons (Fsp3) is 0.846. The number of hydrogen-bond acceptors (Lipinski definition) is 4. The molecule has 18 heavy (non-hydrogen) atoms. The molecule has 0 bridgehead atoms. The van der Waals surface area contributed by atoms with Crippen molar-refractivity contribution in [2.75, 3.05) is 13.1 Å². The van der Waals surface area contributed by atoms with Crippen molar-refractivity contribution >= 4 is 0 Å². The molecule has 0 saturated carbocycles. The Morgan fingerprint density at radius 1 is 1.33 bits per heavy atom. The maximum atomic E-state index is 5.88. The zero-order valence-corrected chi connectivity index (χ0v) is 12.2. The third-order valence-corrected chi connectivity index (χ3v) is 3.31. The second-order valence-corrected chi connectivity index (χ2v) is 5.34. The van der Waals surface area contributed by atoms with Gasteiger partial charge in [-0.05, 0) is 33.2 Å². The molecule has 104 valence electrons. The van der Waals surface area contributed by atoms with Crippen LogP contribution in [0.15, 0.2) is 6.33 Å². The summed E-state index contributed by atoms with van der Waals surface area (Å²) < 4.78 is 2.00. The lowest BCUT2D eigenvalue weighted by Gasteiger charge is -2.37. The molecule has 1 heterocycles. The van der Waals surface area contributed by atoms with E-state index in [1.54, 1.807) is 6.33 Å². The molecule has 0 radical (unpaired) electrons. The van der Waals surface area contributed by atoms with Crippen molar-refractivity contribution in [2.24, 2.45) is 5.73 Å². The minimum absolute atomic E-state index is 0.000987. The van der Waals surface area contributed by atoms with Crippen LogP contribution < -0.4 is 5.73 Å². The number of aromatic nitrogens is 3. The minimum Gasteiger partial charge on any atom is -0.329 e. The summed E-state index contributed by atoms with van der Waals surface area (Å²) in [6.07, 6.45) is 3.83. The summed E-state index contributed by atoms with van der Waals surface area (Å²) >= 11 is 0. The Hall–Kier alpha value is -0.940. The Balaban J connectivity index is 2.79. The van der Waals surface area contributed by atoms with E-state index in [9.17, 15) is 0 Å². The molecule has 0 amide bonds. The van der Waals surface area contributed by atoms with Gasteiger partial charge in [0.15, 0.2) is 0 Å². The largest absolute Gasteiger partial charge is 0.329 e. The Morgan fingerprint density at radius 3 is 2.61 bits per heavy atom. The van der Waals surface area contributed by atoms with Crippen molar-refractivity contribution in [1.29, 1.82) is 0 Å². The standard InChI is InChI=1S/C13H27N5/c1-5-7-17(13(3,4)10-14)9-12-15-11-16-18(12)8-6-2/h11H,5-10,14H2,1-4H3. The maximum Gasteiger partial charge on any atom is 0.141 e. The van der Waals surface area contributed by atoms with Gasteiger partial charge in [-0.1, -0.05) is 13.8 Å². The van der Waals surface area contributed by atoms with Gasteiger partial charge in [0.2, 0.25) is 0 Å². The smallest absolute Gasteiger partial charge is 0.141 e. The summed E-state index contributed by atoms with van der Waals surface area (Å²) in [5.41, 5.74) is 5.88. The van der Waals surface area contributed by atoms with E-state index in [1.807, 2.05) is 4.68 Å². The van der Waals surface area contributed by atoms with E-state index in [1.165, 1.54) is 0 Å². The maximum absolute atomic E-state index is 5.88. The highest BCUT2D eigenvalue weighted by Gasteiger charge is 2.25. The van der Waals surface area contributed by atoms with Gasteiger partial charge in [0.25, 0.3) is 0 Å². The van der Waals surface area contributed by atoms with Crippen LogP contribution in [-0.4, -0.2) is 38.3 Å². The van der Waals surface area contributed by atoms with E-state index in [0.717, 1.165) is 38.3 Å². The summed E-state index contributed by atoms with van der Waals surface area (Å²) in [5.74, 6) is 1.03. The summed E-state index contributed by atoms with van der Waals surface area (Å²) in [7, 11) is 0. The molecule has 0 aromatic carbocycles. The summed E-state index contributed by atoms with van der Waals surface area (Å²) in [6.45, 7) is 12.1. The first kappa shape index (κ1) is 15.1. The fourth-order valence-corrected chi connectivity index (χ4v) is 1.97. The molecule has 1 aromatic rings. The number of rotatable bonds is 8. The Bertz CT molecular complexity index is 345. The van der Waals surface area contributed by atoms with E-state index in [4.69, 9.17) is 5.73 Å². The number of nitrogens with zero attached hydrogens (tertiary/aromatic N) is 4. The van der Waals surface area contributed by atoms with Crippen molar-refractivity contribution in [3.63, 3.8) is 0 Å². The van der Waals surface area contributed by atoms with Gasteiger partial charge in [-0.3, -0.25) is 4.90 Å². The molecule has 1 aromatic heterocycles. The van der Waals surface area contributed by atoms with Gasteiger partial charge in [-0.2, -0.15) is 5.10 Å². The van der Waals surface area contributed by atoms with Gasteiger partial charge in [0, 0.05) is 18.6 Å². The van der Waals surface area contributed by atoms with E-state index >= 15 is 0 Å². The Kier molecular flexibility index (Phi) is 5.75. The van der Waals surface area contributed by atoms with E-state index in [0.29, 0.717) is 6.54 Å². The third-order valence-electron chi connectivity index (χ3n) is 3.31. The lowest BCUT2D eigenvalue weighted by atomic mass is 10.0. The summed E-state index contributed by atoms with van der Waals surface area (Å²) in [6, 6.07) is 0. The zero-order valence-electron chi connectivity index (χ0n) is 12.2. The summed E-state index contributed by atoms with van der Waals surface area (Å²) in [4.78, 5) is 6.77. The summed E-state index contributed by atoms with van der Waals surface area (Å²) in [5, 5.41) is 4.27. The van der Waals surface area contributed by atoms with Crippen LogP contribution in [0.3, 0.4) is 0 Å². The van der Waals surface area contributed by atoms with Crippen LogP contribution in [0.25, 0.3) is 0 Å². The van der Waals surface area contributed by atoms with Gasteiger partial charge in [-0.25, -0.2) is 9.67 Å². The van der Waals surface area contributed by atoms with E-state index in [2.05, 4.69) is 42.7 Å². The molecule has 0 aliphatic rings. The van der Waals surface area contributed by atoms with E-state index < -0.39 is 0 Å². The van der Waals surface area contributed by atoms with Crippen LogP contribution in [0.1, 0.15) is 46.4 Å². The minimum atomic E-state index is -0.000987. The quantitative estimate of drug-likeness (QED) is 0.765. The van der Waals surface area contributed by atoms with Crippen molar-refractivity contribution in [3.05, 3.63) is 12.2 Å². The number of nitrogens with two attached hydrogens (primary N) is 1. The van der Waals surface area contributed by atoms with Crippen molar-refractivity contribution in [1.82, 2.24) is 19.7 Å². The van der Waals surface area contributed by atoms with Crippen LogP contribution in [-0.2, 0) is 13.1 Å². The third kappa shape index (κ3) is 3.78. The lowest BCUT2D eigenvalue weighted by molar-refractivity contribution is 0.112. The molecular formula is C13H27N5. The predicted octanol–water partition coefficient (Wildman–Crippen LogP) is 1.64. The zero-order chi connectivity index (χ0) is 13.6. The SMILES string of the molecule is CCCN(Cc1ncnn1CCC)C(C)(C)CN. The second kappa shape index (κ2) is 6.85. The van der Waals surface area contributed by atoms with Crippen molar-refractivity contribution in [2.45, 2.75) is 59.2 Å². The molecule has 5 nitrogen and oxygen atoms in total. The van der Waals surface area contributed by atoms with Gasteiger partial charge < -0.3 is 5.73 Å². The molecule has 0 aliphatic carbocycles. The number of hydrogen-bond donors (Lipinski definition) is 1. The second-order valence-electron chi connectivity index (χ2n) is 5.34. The van der Waals surface area contributed by atoms with Crippen LogP contribution in [0.5, 0.6) is 0 Å². The molecule has 1 rings (SSSR count). The molecular weight excluding hydrogens is 226 g/mol. The lowest BCUT2D eigenvalue weighted by Crippen LogP contribution is -2.49. The highest BCUT2D eigenvalue weighted by atomic mass is 15.4. The topological polar surface area (TPSA) is 60.0 Å². The van der Waals surface area contributed by atoms with Gasteiger partial charge in [0.05, 0.1) is 6.54 Å². The highest BCUT2D eigenvalue weighted by molar-refractivity contribution is 4.90. The Morgan fingerprint density at radius 2 is 2.06 bits per heavy atom. The first-order valence-electron chi connectivity index (χ1n) is 6.87. The normalized spacial score (nSPS) is 12.3. The van der Waals surface area contributed by atoms with Crippen LogP contribution >= 0.6 is 0 Å². The van der Waals surface area contributed by atoms with Crippen molar-refractivity contribution < 1.29 is 0 Å². The molecule has 0 saturated heterocycles. The first-order chi connectivity index (χ1) is 8.55. The molecule has 0 fully saturated rings. The highest BCUT2D eigenvalue weighted by Crippen LogP contribution is 2.16. The molecule has 0 atom stereocenters. The Labute approximate surface area is 110 Å². The van der Waals surface area contributed by atoms with Crippen molar-refractivity contribution in [3.8, 4) is 0 Å². The molecule has 2 N–H and O–H groups in total.